The molecule has 0 saturated heterocycles. The molecule has 1 aromatic carbocycles. The Morgan fingerprint density at radius 3 is 2.62 bits per heavy atom. The monoisotopic (exact) mass is 284 g/mol. The molecule has 0 bridgehead atoms. The molecular formula is C17H20N2O2. The number of hydrogen-bond donors (Lipinski definition) is 1. The lowest BCUT2D eigenvalue weighted by atomic mass is 10.1. The minimum Gasteiger partial charge on any atom is -0.422 e. The van der Waals surface area contributed by atoms with Gasteiger partial charge in [-0.25, -0.2) is 9.78 Å². The number of anilines is 1. The number of nitrogens with zero attached hydrogens (tertiary/aromatic N) is 1. The number of rotatable bonds is 4. The van der Waals surface area contributed by atoms with Crippen molar-refractivity contribution in [2.45, 2.75) is 33.7 Å². The van der Waals surface area contributed by atoms with Crippen LogP contribution < -0.4 is 10.1 Å². The lowest BCUT2D eigenvalue weighted by Gasteiger charge is -2.11. The third-order valence-electron chi connectivity index (χ3n) is 2.93. The highest BCUT2D eigenvalue weighted by molar-refractivity contribution is 5.89. The second-order valence-electron chi connectivity index (χ2n) is 5.37. The van der Waals surface area contributed by atoms with Gasteiger partial charge in [-0.1, -0.05) is 23.8 Å². The first kappa shape index (κ1) is 15.0. The van der Waals surface area contributed by atoms with Gasteiger partial charge in [0.15, 0.2) is 5.69 Å². The highest BCUT2D eigenvalue weighted by Gasteiger charge is 2.12. The summed E-state index contributed by atoms with van der Waals surface area (Å²) in [6, 6.07) is 11.2. The molecule has 0 aliphatic carbocycles. The lowest BCUT2D eigenvalue weighted by molar-refractivity contribution is 0.0727. The molecule has 21 heavy (non-hydrogen) atoms. The average Bonchev–Trinajstić information content (AvgIpc) is 2.41. The zero-order valence-corrected chi connectivity index (χ0v) is 12.8. The van der Waals surface area contributed by atoms with Crippen molar-refractivity contribution in [2.75, 3.05) is 5.32 Å². The summed E-state index contributed by atoms with van der Waals surface area (Å²) < 4.78 is 5.42. The van der Waals surface area contributed by atoms with E-state index in [9.17, 15) is 4.79 Å². The van der Waals surface area contributed by atoms with Crippen molar-refractivity contribution in [1.82, 2.24) is 4.98 Å². The van der Waals surface area contributed by atoms with Crippen molar-refractivity contribution in [2.24, 2.45) is 0 Å². The Morgan fingerprint density at radius 2 is 1.95 bits per heavy atom. The Morgan fingerprint density at radius 1 is 1.19 bits per heavy atom. The quantitative estimate of drug-likeness (QED) is 0.686. The topological polar surface area (TPSA) is 51.2 Å². The van der Waals surface area contributed by atoms with Gasteiger partial charge in [-0.15, -0.1) is 0 Å². The van der Waals surface area contributed by atoms with E-state index in [1.165, 1.54) is 0 Å². The molecule has 0 amide bonds. The summed E-state index contributed by atoms with van der Waals surface area (Å²) in [6.07, 6.45) is 0. The van der Waals surface area contributed by atoms with Crippen molar-refractivity contribution in [3.8, 4) is 5.75 Å². The van der Waals surface area contributed by atoms with E-state index in [-0.39, 0.29) is 6.04 Å². The molecule has 0 fully saturated rings. The fourth-order valence-corrected chi connectivity index (χ4v) is 1.99. The maximum Gasteiger partial charge on any atom is 0.362 e. The molecule has 0 atom stereocenters. The molecule has 0 aliphatic rings. The van der Waals surface area contributed by atoms with E-state index in [1.54, 1.807) is 18.2 Å². The van der Waals surface area contributed by atoms with Crippen LogP contribution in [-0.4, -0.2) is 17.0 Å². The Balaban J connectivity index is 2.16. The van der Waals surface area contributed by atoms with Crippen molar-refractivity contribution in [1.29, 1.82) is 0 Å². The van der Waals surface area contributed by atoms with Gasteiger partial charge in [-0.05, 0) is 51.5 Å². The predicted molar refractivity (Wildman–Crippen MR) is 83.9 cm³/mol. The van der Waals surface area contributed by atoms with Crippen LogP contribution in [0.15, 0.2) is 36.4 Å². The van der Waals surface area contributed by atoms with Crippen LogP contribution in [0.3, 0.4) is 0 Å². The molecule has 0 spiro atoms. The number of carbonyl (C=O) groups excluding carboxylic acids is 1. The highest BCUT2D eigenvalue weighted by Crippen LogP contribution is 2.20. The van der Waals surface area contributed by atoms with Gasteiger partial charge in [0.05, 0.1) is 0 Å². The van der Waals surface area contributed by atoms with Crippen molar-refractivity contribution < 1.29 is 9.53 Å². The molecule has 0 unspecified atom stereocenters. The molecule has 2 rings (SSSR count). The summed E-state index contributed by atoms with van der Waals surface area (Å²) in [5, 5.41) is 3.16. The minimum atomic E-state index is -0.450. The molecule has 110 valence electrons. The van der Waals surface area contributed by atoms with Gasteiger partial charge in [-0.3, -0.25) is 0 Å². The highest BCUT2D eigenvalue weighted by atomic mass is 16.5. The van der Waals surface area contributed by atoms with Crippen LogP contribution in [0.5, 0.6) is 5.75 Å². The number of esters is 1. The van der Waals surface area contributed by atoms with Crippen LogP contribution in [0.2, 0.25) is 0 Å². The second kappa shape index (κ2) is 6.39. The van der Waals surface area contributed by atoms with Gasteiger partial charge >= 0.3 is 5.97 Å². The molecule has 0 saturated carbocycles. The van der Waals surface area contributed by atoms with Crippen LogP contribution >= 0.6 is 0 Å². The average molecular weight is 284 g/mol. The third-order valence-corrected chi connectivity index (χ3v) is 2.93. The lowest BCUT2D eigenvalue weighted by Crippen LogP contribution is -2.15. The van der Waals surface area contributed by atoms with Crippen LogP contribution in [0.1, 0.15) is 35.5 Å². The van der Waals surface area contributed by atoms with Gasteiger partial charge in [-0.2, -0.15) is 0 Å². The van der Waals surface area contributed by atoms with Crippen molar-refractivity contribution in [3.63, 3.8) is 0 Å². The number of benzene rings is 1. The second-order valence-corrected chi connectivity index (χ2v) is 5.37. The number of carbonyl (C=O) groups is 1. The molecule has 4 nitrogen and oxygen atoms in total. The van der Waals surface area contributed by atoms with E-state index >= 15 is 0 Å². The normalized spacial score (nSPS) is 10.5. The summed E-state index contributed by atoms with van der Waals surface area (Å²) in [6.45, 7) is 7.95. The number of aromatic nitrogens is 1. The third kappa shape index (κ3) is 4.05. The van der Waals surface area contributed by atoms with Gasteiger partial charge in [0.25, 0.3) is 0 Å². The molecule has 4 heteroatoms. The van der Waals surface area contributed by atoms with Gasteiger partial charge in [0.2, 0.25) is 0 Å². The number of aryl methyl sites for hydroxylation is 2. The first-order valence-corrected chi connectivity index (χ1v) is 6.99. The van der Waals surface area contributed by atoms with Crippen LogP contribution in [0.4, 0.5) is 5.82 Å². The van der Waals surface area contributed by atoms with Crippen molar-refractivity contribution in [3.05, 3.63) is 53.2 Å². The standard InChI is InChI=1S/C17H20N2O2/c1-11(2)18-16-7-5-6-14(19-16)17(20)21-15-9-8-12(3)10-13(15)4/h5-11H,1-4H3,(H,18,19). The predicted octanol–water partition coefficient (Wildman–Crippen LogP) is 3.74. The van der Waals surface area contributed by atoms with E-state index in [2.05, 4.69) is 10.3 Å². The molecule has 2 aromatic rings. The van der Waals surface area contributed by atoms with Crippen molar-refractivity contribution >= 4 is 11.8 Å². The number of pyridine rings is 1. The molecule has 1 heterocycles. The van der Waals surface area contributed by atoms with E-state index in [1.807, 2.05) is 45.9 Å². The Hall–Kier alpha value is -2.36. The first-order chi connectivity index (χ1) is 9.95. The van der Waals surface area contributed by atoms with Crippen LogP contribution in [-0.2, 0) is 0 Å². The fraction of sp³-hybridized carbons (Fsp3) is 0.294. The molecule has 0 aliphatic heterocycles. The maximum absolute atomic E-state index is 12.2. The maximum atomic E-state index is 12.2. The van der Waals surface area contributed by atoms with E-state index in [0.29, 0.717) is 17.3 Å². The van der Waals surface area contributed by atoms with Gasteiger partial charge in [0.1, 0.15) is 11.6 Å². The smallest absolute Gasteiger partial charge is 0.362 e. The summed E-state index contributed by atoms with van der Waals surface area (Å²) in [5.41, 5.74) is 2.36. The summed E-state index contributed by atoms with van der Waals surface area (Å²) in [7, 11) is 0. The number of ether oxygens (including phenoxy) is 1. The Labute approximate surface area is 125 Å². The van der Waals surface area contributed by atoms with Crippen LogP contribution in [0.25, 0.3) is 0 Å². The zero-order valence-electron chi connectivity index (χ0n) is 12.8. The molecule has 1 aromatic heterocycles. The largest absolute Gasteiger partial charge is 0.422 e. The zero-order chi connectivity index (χ0) is 15.4. The summed E-state index contributed by atoms with van der Waals surface area (Å²) >= 11 is 0. The van der Waals surface area contributed by atoms with E-state index in [4.69, 9.17) is 4.74 Å². The molecule has 0 radical (unpaired) electrons. The van der Waals surface area contributed by atoms with E-state index in [0.717, 1.165) is 11.1 Å². The summed E-state index contributed by atoms with van der Waals surface area (Å²) in [5.74, 6) is 0.782. The Kier molecular flexibility index (Phi) is 4.58. The van der Waals surface area contributed by atoms with Gasteiger partial charge in [0, 0.05) is 6.04 Å². The Bertz CT molecular complexity index is 651. The van der Waals surface area contributed by atoms with E-state index < -0.39 is 5.97 Å². The fourth-order valence-electron chi connectivity index (χ4n) is 1.99. The number of nitrogens with one attached hydrogen (secondary N) is 1. The van der Waals surface area contributed by atoms with Gasteiger partial charge < -0.3 is 10.1 Å². The SMILES string of the molecule is Cc1ccc(OC(=O)c2cccc(NC(C)C)n2)c(C)c1. The molecular weight excluding hydrogens is 264 g/mol. The number of hydrogen-bond acceptors (Lipinski definition) is 4. The minimum absolute atomic E-state index is 0.253. The van der Waals surface area contributed by atoms with Crippen LogP contribution in [0, 0.1) is 13.8 Å². The summed E-state index contributed by atoms with van der Waals surface area (Å²) in [4.78, 5) is 16.4. The first-order valence-electron chi connectivity index (χ1n) is 6.99. The molecule has 1 N–H and O–H groups in total.